The molecule has 0 fully saturated rings. The van der Waals surface area contributed by atoms with Crippen LogP contribution in [-0.2, 0) is 4.79 Å². The molecule has 1 aliphatic heterocycles. The highest BCUT2D eigenvalue weighted by atomic mass is 16.5. The Kier molecular flexibility index (Phi) is 1.25. The zero-order valence-electron chi connectivity index (χ0n) is 5.63. The normalized spacial score (nSPS) is 14.7. The van der Waals surface area contributed by atoms with Crippen LogP contribution < -0.4 is 10.1 Å². The minimum absolute atomic E-state index is 0.0620. The van der Waals surface area contributed by atoms with Crippen LogP contribution in [0.15, 0.2) is 12.3 Å². The topological polar surface area (TPSA) is 51.2 Å². The van der Waals surface area contributed by atoms with Gasteiger partial charge in [-0.3, -0.25) is 4.79 Å². The van der Waals surface area contributed by atoms with Crippen molar-refractivity contribution in [3.63, 3.8) is 0 Å². The molecule has 2 rings (SSSR count). The Morgan fingerprint density at radius 3 is 3.55 bits per heavy atom. The first kappa shape index (κ1) is 6.15. The number of rotatable bonds is 0. The molecule has 4 heteroatoms. The predicted octanol–water partition coefficient (Wildman–Crippen LogP) is 0.213. The lowest BCUT2D eigenvalue weighted by Gasteiger charge is -2.15. The highest BCUT2D eigenvalue weighted by molar-refractivity contribution is 5.94. The van der Waals surface area contributed by atoms with E-state index in [9.17, 15) is 4.79 Å². The zero-order chi connectivity index (χ0) is 7.68. The summed E-state index contributed by atoms with van der Waals surface area (Å²) in [6.07, 6.45) is 1.48. The van der Waals surface area contributed by atoms with Crippen molar-refractivity contribution in [3.8, 4) is 5.75 Å². The second kappa shape index (κ2) is 2.23. The lowest BCUT2D eigenvalue weighted by Crippen LogP contribution is -2.25. The fourth-order valence-corrected chi connectivity index (χ4v) is 0.862. The Morgan fingerprint density at radius 2 is 2.64 bits per heavy atom. The maximum absolute atomic E-state index is 10.7. The van der Waals surface area contributed by atoms with Gasteiger partial charge in [0.25, 0.3) is 5.91 Å². The van der Waals surface area contributed by atoms with Gasteiger partial charge in [-0.15, -0.1) is 0 Å². The molecule has 1 radical (unpaired) electrons. The van der Waals surface area contributed by atoms with Gasteiger partial charge in [-0.25, -0.2) is 4.98 Å². The Labute approximate surface area is 63.2 Å². The van der Waals surface area contributed by atoms with Crippen molar-refractivity contribution >= 4 is 11.7 Å². The molecule has 0 atom stereocenters. The second-order valence-electron chi connectivity index (χ2n) is 2.12. The molecular weight excluding hydrogens is 144 g/mol. The number of fused-ring (bicyclic) bond motifs is 1. The van der Waals surface area contributed by atoms with E-state index < -0.39 is 0 Å². The second-order valence-corrected chi connectivity index (χ2v) is 2.12. The van der Waals surface area contributed by atoms with Crippen LogP contribution in [0, 0.1) is 6.07 Å². The van der Waals surface area contributed by atoms with Crippen LogP contribution in [0.25, 0.3) is 0 Å². The molecule has 1 aromatic heterocycles. The Morgan fingerprint density at radius 1 is 1.73 bits per heavy atom. The SMILES string of the molecule is O=C1COc2c[c]cnc2N1. The standard InChI is InChI=1S/C7H5N2O2/c10-6-4-11-5-2-1-3-8-7(5)9-6/h2-3H,4H2,(H,8,9,10). The first-order valence-corrected chi connectivity index (χ1v) is 3.15. The maximum atomic E-state index is 10.7. The zero-order valence-corrected chi connectivity index (χ0v) is 5.63. The minimum atomic E-state index is -0.170. The summed E-state index contributed by atoms with van der Waals surface area (Å²) in [6, 6.07) is 4.39. The molecule has 4 nitrogen and oxygen atoms in total. The molecule has 55 valence electrons. The third-order valence-electron chi connectivity index (χ3n) is 1.33. The largest absolute Gasteiger partial charge is 0.480 e. The molecule has 0 aromatic carbocycles. The first-order chi connectivity index (χ1) is 5.36. The molecule has 1 aromatic rings. The van der Waals surface area contributed by atoms with Gasteiger partial charge in [0.1, 0.15) is 0 Å². The molecular formula is C7H5N2O2. The summed E-state index contributed by atoms with van der Waals surface area (Å²) in [5.41, 5.74) is 0. The molecule has 2 heterocycles. The third-order valence-corrected chi connectivity index (χ3v) is 1.33. The summed E-state index contributed by atoms with van der Waals surface area (Å²) >= 11 is 0. The molecule has 11 heavy (non-hydrogen) atoms. The van der Waals surface area contributed by atoms with Crippen molar-refractivity contribution < 1.29 is 9.53 Å². The number of carbonyl (C=O) groups excluding carboxylic acids is 1. The summed E-state index contributed by atoms with van der Waals surface area (Å²) in [4.78, 5) is 14.6. The molecule has 0 unspecified atom stereocenters. The van der Waals surface area contributed by atoms with Crippen molar-refractivity contribution in [1.82, 2.24) is 4.98 Å². The van der Waals surface area contributed by atoms with Gasteiger partial charge in [-0.05, 0) is 6.07 Å². The number of hydrogen-bond donors (Lipinski definition) is 1. The maximum Gasteiger partial charge on any atom is 0.263 e. The Hall–Kier alpha value is -1.58. The lowest BCUT2D eigenvalue weighted by atomic mass is 10.4. The number of amides is 1. The van der Waals surface area contributed by atoms with E-state index in [4.69, 9.17) is 4.74 Å². The number of carbonyl (C=O) groups is 1. The molecule has 0 spiro atoms. The van der Waals surface area contributed by atoms with Crippen molar-refractivity contribution in [2.45, 2.75) is 0 Å². The van der Waals surface area contributed by atoms with Gasteiger partial charge in [0.05, 0.1) is 0 Å². The van der Waals surface area contributed by atoms with Crippen LogP contribution in [0.4, 0.5) is 5.82 Å². The summed E-state index contributed by atoms with van der Waals surface area (Å²) in [6.45, 7) is 0.0620. The summed E-state index contributed by atoms with van der Waals surface area (Å²) in [5.74, 6) is 0.878. The molecule has 0 bridgehead atoms. The molecule has 1 amide bonds. The van der Waals surface area contributed by atoms with Gasteiger partial charge in [0.15, 0.2) is 18.2 Å². The van der Waals surface area contributed by atoms with E-state index in [1.165, 1.54) is 6.20 Å². The minimum Gasteiger partial charge on any atom is -0.480 e. The van der Waals surface area contributed by atoms with Crippen molar-refractivity contribution in [3.05, 3.63) is 18.3 Å². The number of nitrogens with one attached hydrogen (secondary N) is 1. The van der Waals surface area contributed by atoms with Gasteiger partial charge in [0, 0.05) is 12.3 Å². The van der Waals surface area contributed by atoms with Gasteiger partial charge in [0.2, 0.25) is 0 Å². The Bertz CT molecular complexity index is 298. The van der Waals surface area contributed by atoms with E-state index >= 15 is 0 Å². The smallest absolute Gasteiger partial charge is 0.263 e. The number of hydrogen-bond acceptors (Lipinski definition) is 3. The van der Waals surface area contributed by atoms with Gasteiger partial charge < -0.3 is 10.1 Å². The molecule has 1 aliphatic rings. The first-order valence-electron chi connectivity index (χ1n) is 3.15. The van der Waals surface area contributed by atoms with Gasteiger partial charge in [-0.1, -0.05) is 0 Å². The van der Waals surface area contributed by atoms with E-state index in [0.29, 0.717) is 11.6 Å². The van der Waals surface area contributed by atoms with Gasteiger partial charge >= 0.3 is 0 Å². The number of pyridine rings is 1. The number of aromatic nitrogens is 1. The fraction of sp³-hybridized carbons (Fsp3) is 0.143. The number of anilines is 1. The van der Waals surface area contributed by atoms with E-state index in [1.807, 2.05) is 0 Å². The summed E-state index contributed by atoms with van der Waals surface area (Å²) in [7, 11) is 0. The fourth-order valence-electron chi connectivity index (χ4n) is 0.862. The molecule has 0 saturated carbocycles. The molecule has 0 saturated heterocycles. The predicted molar refractivity (Wildman–Crippen MR) is 37.2 cm³/mol. The highest BCUT2D eigenvalue weighted by Gasteiger charge is 2.15. The highest BCUT2D eigenvalue weighted by Crippen LogP contribution is 2.22. The van der Waals surface area contributed by atoms with Gasteiger partial charge in [-0.2, -0.15) is 0 Å². The third kappa shape index (κ3) is 1.02. The van der Waals surface area contributed by atoms with Crippen LogP contribution >= 0.6 is 0 Å². The van der Waals surface area contributed by atoms with E-state index in [2.05, 4.69) is 16.4 Å². The number of ether oxygens (including phenoxy) is 1. The summed E-state index contributed by atoms with van der Waals surface area (Å²) in [5, 5.41) is 2.56. The van der Waals surface area contributed by atoms with Crippen LogP contribution in [0.2, 0.25) is 0 Å². The van der Waals surface area contributed by atoms with E-state index in [0.717, 1.165) is 0 Å². The monoisotopic (exact) mass is 149 g/mol. The average Bonchev–Trinajstić information content (AvgIpc) is 2.04. The van der Waals surface area contributed by atoms with Crippen molar-refractivity contribution in [2.75, 3.05) is 11.9 Å². The summed E-state index contributed by atoms with van der Waals surface area (Å²) < 4.78 is 5.03. The Balaban J connectivity index is 2.41. The van der Waals surface area contributed by atoms with Crippen molar-refractivity contribution in [1.29, 1.82) is 0 Å². The lowest BCUT2D eigenvalue weighted by molar-refractivity contribution is -0.118. The van der Waals surface area contributed by atoms with Crippen LogP contribution in [0.1, 0.15) is 0 Å². The van der Waals surface area contributed by atoms with Crippen LogP contribution in [-0.4, -0.2) is 17.5 Å². The van der Waals surface area contributed by atoms with E-state index in [-0.39, 0.29) is 12.5 Å². The van der Waals surface area contributed by atoms with Crippen LogP contribution in [0.3, 0.4) is 0 Å². The quantitative estimate of drug-likeness (QED) is 0.573. The molecule has 0 aliphatic carbocycles. The average molecular weight is 149 g/mol. The van der Waals surface area contributed by atoms with E-state index in [1.54, 1.807) is 6.07 Å². The number of nitrogens with zero attached hydrogens (tertiary/aromatic N) is 1. The van der Waals surface area contributed by atoms with Crippen LogP contribution in [0.5, 0.6) is 5.75 Å². The van der Waals surface area contributed by atoms with Crippen molar-refractivity contribution in [2.24, 2.45) is 0 Å². The molecule has 1 N–H and O–H groups in total.